The normalized spacial score (nSPS) is 12.3. The second-order valence-corrected chi connectivity index (χ2v) is 3.29. The van der Waals surface area contributed by atoms with Crippen molar-refractivity contribution in [2.75, 3.05) is 0 Å². The summed E-state index contributed by atoms with van der Waals surface area (Å²) < 4.78 is 0. The summed E-state index contributed by atoms with van der Waals surface area (Å²) >= 11 is 11.7. The Balaban J connectivity index is 2.98. The van der Waals surface area contributed by atoms with Crippen LogP contribution in [0, 0.1) is 0 Å². The van der Waals surface area contributed by atoms with Gasteiger partial charge in [0.1, 0.15) is 0 Å². The lowest BCUT2D eigenvalue weighted by Crippen LogP contribution is -2.06. The first-order chi connectivity index (χ1) is 6.65. The zero-order valence-corrected chi connectivity index (χ0v) is 8.63. The minimum absolute atomic E-state index is 0.000965. The highest BCUT2D eigenvalue weighted by molar-refractivity contribution is 6.42. The number of nitrogens with two attached hydrogens (primary N) is 1. The van der Waals surface area contributed by atoms with E-state index in [1.807, 2.05) is 0 Å². The topological polar surface area (TPSA) is 58.6 Å². The molecular formula is C9H8Cl2N2O. The molecule has 3 N–H and O–H groups in total. The lowest BCUT2D eigenvalue weighted by molar-refractivity contribution is 0.319. The van der Waals surface area contributed by atoms with Gasteiger partial charge in [-0.1, -0.05) is 40.5 Å². The van der Waals surface area contributed by atoms with E-state index in [0.717, 1.165) is 0 Å². The molecular weight excluding hydrogens is 223 g/mol. The van der Waals surface area contributed by atoms with Gasteiger partial charge in [0.25, 0.3) is 0 Å². The number of benzene rings is 1. The molecule has 0 aliphatic heterocycles. The van der Waals surface area contributed by atoms with E-state index in [1.54, 1.807) is 24.3 Å². The highest BCUT2D eigenvalue weighted by atomic mass is 35.5. The molecule has 0 saturated carbocycles. The smallest absolute Gasteiger partial charge is 0.162 e. The van der Waals surface area contributed by atoms with E-state index in [2.05, 4.69) is 5.16 Å². The second kappa shape index (κ2) is 4.88. The minimum Gasteiger partial charge on any atom is -0.409 e. The van der Waals surface area contributed by atoms with Crippen LogP contribution < -0.4 is 5.73 Å². The lowest BCUT2D eigenvalue weighted by atomic mass is 10.2. The van der Waals surface area contributed by atoms with Gasteiger partial charge in [0.2, 0.25) is 0 Å². The van der Waals surface area contributed by atoms with Gasteiger partial charge in [-0.05, 0) is 23.8 Å². The summed E-state index contributed by atoms with van der Waals surface area (Å²) in [4.78, 5) is 0. The van der Waals surface area contributed by atoms with Crippen LogP contribution in [0.15, 0.2) is 29.4 Å². The van der Waals surface area contributed by atoms with Crippen molar-refractivity contribution in [1.82, 2.24) is 0 Å². The predicted octanol–water partition coefficient (Wildman–Crippen LogP) is 2.75. The molecule has 1 aromatic carbocycles. The molecule has 0 heterocycles. The van der Waals surface area contributed by atoms with Crippen molar-refractivity contribution in [3.05, 3.63) is 39.9 Å². The fourth-order valence-electron chi connectivity index (χ4n) is 0.858. The van der Waals surface area contributed by atoms with E-state index in [9.17, 15) is 0 Å². The summed E-state index contributed by atoms with van der Waals surface area (Å²) in [5.74, 6) is 0.000965. The number of nitrogens with zero attached hydrogens (tertiary/aromatic N) is 1. The van der Waals surface area contributed by atoms with Crippen LogP contribution in [-0.4, -0.2) is 11.0 Å². The van der Waals surface area contributed by atoms with E-state index >= 15 is 0 Å². The fraction of sp³-hybridized carbons (Fsp3) is 0. The molecule has 0 radical (unpaired) electrons. The van der Waals surface area contributed by atoms with Gasteiger partial charge < -0.3 is 10.9 Å². The summed E-state index contributed by atoms with van der Waals surface area (Å²) in [6.45, 7) is 0. The van der Waals surface area contributed by atoms with E-state index in [1.165, 1.54) is 6.08 Å². The summed E-state index contributed by atoms with van der Waals surface area (Å²) in [5, 5.41) is 12.0. The maximum Gasteiger partial charge on any atom is 0.162 e. The number of oxime groups is 1. The number of hydrogen-bond donors (Lipinski definition) is 2. The quantitative estimate of drug-likeness (QED) is 0.356. The first kappa shape index (κ1) is 10.9. The molecule has 74 valence electrons. The van der Waals surface area contributed by atoms with Crippen LogP contribution in [0.5, 0.6) is 0 Å². The molecule has 0 spiro atoms. The monoisotopic (exact) mass is 230 g/mol. The largest absolute Gasteiger partial charge is 0.409 e. The Kier molecular flexibility index (Phi) is 3.80. The Bertz CT molecular complexity index is 388. The van der Waals surface area contributed by atoms with E-state index in [-0.39, 0.29) is 5.84 Å². The molecule has 14 heavy (non-hydrogen) atoms. The van der Waals surface area contributed by atoms with Gasteiger partial charge in [-0.15, -0.1) is 0 Å². The Labute approximate surface area is 91.4 Å². The highest BCUT2D eigenvalue weighted by Gasteiger charge is 2.00. The van der Waals surface area contributed by atoms with Crippen molar-refractivity contribution < 1.29 is 5.21 Å². The Morgan fingerprint density at radius 2 is 2.14 bits per heavy atom. The van der Waals surface area contributed by atoms with Crippen molar-refractivity contribution >= 4 is 35.1 Å². The van der Waals surface area contributed by atoms with E-state index < -0.39 is 0 Å². The van der Waals surface area contributed by atoms with Crippen molar-refractivity contribution in [3.63, 3.8) is 0 Å². The van der Waals surface area contributed by atoms with Crippen LogP contribution in [0.3, 0.4) is 0 Å². The third kappa shape index (κ3) is 2.65. The number of amidine groups is 1. The van der Waals surface area contributed by atoms with Crippen molar-refractivity contribution in [2.45, 2.75) is 0 Å². The molecule has 5 heteroatoms. The molecule has 0 amide bonds. The number of hydrogen-bond acceptors (Lipinski definition) is 2. The van der Waals surface area contributed by atoms with Crippen LogP contribution in [0.4, 0.5) is 0 Å². The van der Waals surface area contributed by atoms with E-state index in [4.69, 9.17) is 34.1 Å². The van der Waals surface area contributed by atoms with Gasteiger partial charge in [0.15, 0.2) is 5.84 Å². The molecule has 0 bridgehead atoms. The Hall–Kier alpha value is -1.19. The van der Waals surface area contributed by atoms with Crippen LogP contribution in [0.1, 0.15) is 5.56 Å². The lowest BCUT2D eigenvalue weighted by Gasteiger charge is -1.99. The molecule has 1 rings (SSSR count). The van der Waals surface area contributed by atoms with Gasteiger partial charge in [0.05, 0.1) is 10.0 Å². The molecule has 0 aromatic heterocycles. The van der Waals surface area contributed by atoms with Gasteiger partial charge in [-0.3, -0.25) is 0 Å². The maximum atomic E-state index is 8.29. The third-order valence-corrected chi connectivity index (χ3v) is 2.36. The number of rotatable bonds is 2. The standard InChI is InChI=1S/C9H8Cl2N2O/c10-7-3-1-2-6(9(7)11)4-5-8(12)13-14/h1-5,14H,(H2,12,13). The van der Waals surface area contributed by atoms with Crippen molar-refractivity contribution in [3.8, 4) is 0 Å². The van der Waals surface area contributed by atoms with Crippen molar-refractivity contribution in [1.29, 1.82) is 0 Å². The highest BCUT2D eigenvalue weighted by Crippen LogP contribution is 2.26. The van der Waals surface area contributed by atoms with Gasteiger partial charge >= 0.3 is 0 Å². The van der Waals surface area contributed by atoms with Crippen LogP contribution >= 0.6 is 23.2 Å². The Morgan fingerprint density at radius 3 is 2.79 bits per heavy atom. The van der Waals surface area contributed by atoms with E-state index in [0.29, 0.717) is 15.6 Å². The molecule has 0 fully saturated rings. The SMILES string of the molecule is NC(C=Cc1cccc(Cl)c1Cl)=NO. The van der Waals surface area contributed by atoms with Gasteiger partial charge in [-0.25, -0.2) is 0 Å². The molecule has 0 saturated heterocycles. The molecule has 3 nitrogen and oxygen atoms in total. The first-order valence-electron chi connectivity index (χ1n) is 3.74. The number of halogens is 2. The summed E-state index contributed by atoms with van der Waals surface area (Å²) in [5.41, 5.74) is 5.96. The average Bonchev–Trinajstić information content (AvgIpc) is 2.20. The van der Waals surface area contributed by atoms with Crippen LogP contribution in [-0.2, 0) is 0 Å². The Morgan fingerprint density at radius 1 is 1.43 bits per heavy atom. The molecule has 0 aliphatic carbocycles. The summed E-state index contributed by atoms with van der Waals surface area (Å²) in [6, 6.07) is 5.22. The minimum atomic E-state index is 0.000965. The second-order valence-electron chi connectivity index (χ2n) is 2.50. The van der Waals surface area contributed by atoms with Gasteiger partial charge in [0, 0.05) is 0 Å². The summed E-state index contributed by atoms with van der Waals surface area (Å²) in [7, 11) is 0. The molecule has 0 aliphatic rings. The maximum absolute atomic E-state index is 8.29. The fourth-order valence-corrected chi connectivity index (χ4v) is 1.23. The predicted molar refractivity (Wildman–Crippen MR) is 58.9 cm³/mol. The van der Waals surface area contributed by atoms with Crippen LogP contribution in [0.2, 0.25) is 10.0 Å². The zero-order chi connectivity index (χ0) is 10.6. The first-order valence-corrected chi connectivity index (χ1v) is 4.50. The zero-order valence-electron chi connectivity index (χ0n) is 7.11. The van der Waals surface area contributed by atoms with Gasteiger partial charge in [-0.2, -0.15) is 0 Å². The van der Waals surface area contributed by atoms with Crippen molar-refractivity contribution in [2.24, 2.45) is 10.9 Å². The molecule has 0 unspecified atom stereocenters. The molecule has 1 aromatic rings. The summed E-state index contributed by atoms with van der Waals surface area (Å²) in [6.07, 6.45) is 3.04. The average molecular weight is 231 g/mol. The third-order valence-electron chi connectivity index (χ3n) is 1.53. The van der Waals surface area contributed by atoms with Crippen LogP contribution in [0.25, 0.3) is 6.08 Å². The molecule has 0 atom stereocenters.